The van der Waals surface area contributed by atoms with Gasteiger partial charge >= 0.3 is 0 Å². The molecule has 0 spiro atoms. The van der Waals surface area contributed by atoms with E-state index in [0.717, 1.165) is 18.0 Å². The fourth-order valence-electron chi connectivity index (χ4n) is 4.02. The van der Waals surface area contributed by atoms with Crippen LogP contribution in [0.3, 0.4) is 0 Å². The van der Waals surface area contributed by atoms with Gasteiger partial charge in [-0.3, -0.25) is 4.72 Å². The van der Waals surface area contributed by atoms with Crippen LogP contribution in [0.25, 0.3) is 0 Å². The molecular weight excluding hydrogens is 412 g/mol. The van der Waals surface area contributed by atoms with Crippen molar-refractivity contribution in [3.63, 3.8) is 0 Å². The number of nitrogens with zero attached hydrogens (tertiary/aromatic N) is 2. The first-order valence-electron chi connectivity index (χ1n) is 10.7. The number of sulfonamides is 1. The number of rotatable bonds is 9. The second-order valence-electron chi connectivity index (χ2n) is 8.16. The summed E-state index contributed by atoms with van der Waals surface area (Å²) in [5.41, 5.74) is 12.5. The molecule has 0 saturated heterocycles. The molecule has 168 valence electrons. The summed E-state index contributed by atoms with van der Waals surface area (Å²) in [4.78, 5) is 7.83. The summed E-state index contributed by atoms with van der Waals surface area (Å²) in [6.45, 7) is 3.81. The molecule has 1 unspecified atom stereocenters. The van der Waals surface area contributed by atoms with Gasteiger partial charge in [0.1, 0.15) is 0 Å². The molecule has 1 aromatic carbocycles. The molecule has 2 aromatic rings. The number of anilines is 1. The lowest BCUT2D eigenvalue weighted by Crippen LogP contribution is -2.27. The van der Waals surface area contributed by atoms with Crippen molar-refractivity contribution in [3.8, 4) is 0 Å². The third kappa shape index (κ3) is 6.67. The summed E-state index contributed by atoms with van der Waals surface area (Å²) in [6, 6.07) is 10.3. The van der Waals surface area contributed by atoms with E-state index >= 15 is 0 Å². The van der Waals surface area contributed by atoms with Gasteiger partial charge in [0.05, 0.1) is 17.6 Å². The van der Waals surface area contributed by atoms with E-state index in [1.54, 1.807) is 12.1 Å². The molecule has 0 amide bonds. The molecule has 1 fully saturated rings. The second kappa shape index (κ2) is 10.6. The molecule has 8 nitrogen and oxygen atoms in total. The van der Waals surface area contributed by atoms with E-state index in [0.29, 0.717) is 23.8 Å². The lowest BCUT2D eigenvalue weighted by atomic mass is 9.81. The fourth-order valence-corrected chi connectivity index (χ4v) is 5.05. The molecule has 0 bridgehead atoms. The largest absolute Gasteiger partial charge is 0.370 e. The van der Waals surface area contributed by atoms with Crippen LogP contribution < -0.4 is 21.5 Å². The van der Waals surface area contributed by atoms with Crippen LogP contribution in [0.1, 0.15) is 44.6 Å². The smallest absolute Gasteiger partial charge is 0.279 e. The Kier molecular flexibility index (Phi) is 7.86. The number of guanidine groups is 1. The number of nitrogens with one attached hydrogen (secondary N) is 2. The van der Waals surface area contributed by atoms with Gasteiger partial charge in [-0.2, -0.15) is 8.42 Å². The topological polar surface area (TPSA) is 135 Å². The maximum Gasteiger partial charge on any atom is 0.279 e. The van der Waals surface area contributed by atoms with Crippen LogP contribution in [-0.4, -0.2) is 25.9 Å². The van der Waals surface area contributed by atoms with E-state index in [1.165, 1.54) is 50.4 Å². The highest BCUT2D eigenvalue weighted by molar-refractivity contribution is 7.92. The van der Waals surface area contributed by atoms with Crippen molar-refractivity contribution in [3.05, 3.63) is 48.2 Å². The summed E-state index contributed by atoms with van der Waals surface area (Å²) in [6.07, 6.45) is 7.97. The minimum absolute atomic E-state index is 0.101. The summed E-state index contributed by atoms with van der Waals surface area (Å²) >= 11 is 0. The predicted octanol–water partition coefficient (Wildman–Crippen LogP) is 3.09. The zero-order chi connectivity index (χ0) is 22.3. The molecular formula is C22H32N6O2S. The summed E-state index contributed by atoms with van der Waals surface area (Å²) < 4.78 is 28.2. The highest BCUT2D eigenvalue weighted by Gasteiger charge is 2.20. The zero-order valence-corrected chi connectivity index (χ0v) is 18.7. The molecule has 0 aliphatic heterocycles. The number of pyridine rings is 1. The number of para-hydroxylation sites is 1. The normalized spacial score (nSPS) is 15.9. The summed E-state index contributed by atoms with van der Waals surface area (Å²) in [5, 5.41) is 3.40. The Bertz CT molecular complexity index is 981. The van der Waals surface area contributed by atoms with Crippen LogP contribution in [0.5, 0.6) is 0 Å². The number of hydrogen-bond acceptors (Lipinski definition) is 5. The van der Waals surface area contributed by atoms with Crippen molar-refractivity contribution in [2.45, 2.75) is 50.6 Å². The van der Waals surface area contributed by atoms with E-state index in [1.807, 2.05) is 12.1 Å². The molecule has 1 aromatic heterocycles. The summed E-state index contributed by atoms with van der Waals surface area (Å²) in [7, 11) is -3.84. The van der Waals surface area contributed by atoms with Crippen molar-refractivity contribution >= 4 is 27.4 Å². The van der Waals surface area contributed by atoms with E-state index in [-0.39, 0.29) is 11.0 Å². The average Bonchev–Trinajstić information content (AvgIpc) is 2.75. The zero-order valence-electron chi connectivity index (χ0n) is 17.9. The van der Waals surface area contributed by atoms with Crippen LogP contribution in [0.2, 0.25) is 0 Å². The van der Waals surface area contributed by atoms with Gasteiger partial charge in [0.2, 0.25) is 0 Å². The molecule has 1 atom stereocenters. The highest BCUT2D eigenvalue weighted by Crippen LogP contribution is 2.29. The third-order valence-electron chi connectivity index (χ3n) is 5.75. The molecule has 1 saturated carbocycles. The Morgan fingerprint density at radius 3 is 2.58 bits per heavy atom. The Balaban J connectivity index is 1.63. The fraction of sp³-hybridized carbons (Fsp3) is 0.455. The van der Waals surface area contributed by atoms with Crippen LogP contribution in [-0.2, 0) is 16.6 Å². The van der Waals surface area contributed by atoms with Gasteiger partial charge in [-0.05, 0) is 42.1 Å². The van der Waals surface area contributed by atoms with E-state index in [4.69, 9.17) is 11.5 Å². The number of aliphatic imine (C=N–C) groups is 1. The third-order valence-corrected chi connectivity index (χ3v) is 7.03. The lowest BCUT2D eigenvalue weighted by molar-refractivity contribution is 0.256. The number of benzene rings is 1. The summed E-state index contributed by atoms with van der Waals surface area (Å²) in [5.74, 6) is 1.27. The van der Waals surface area contributed by atoms with Gasteiger partial charge in [-0.1, -0.05) is 57.2 Å². The Labute approximate surface area is 184 Å². The van der Waals surface area contributed by atoms with Gasteiger partial charge in [-0.15, -0.1) is 0 Å². The standard InChI is InChI=1S/C22H32N6O2S/c1-16(17-7-3-2-4-8-17)13-25-14-18-9-5-6-10-20(18)28-31(29,30)21-12-11-19(15-26-21)27-22(23)24/h5-6,9-12,15-17,25,28H,2-4,7-8,13-14H2,1H3,(H4,23,24,27). The predicted molar refractivity (Wildman–Crippen MR) is 124 cm³/mol. The Hall–Kier alpha value is -2.65. The van der Waals surface area contributed by atoms with Crippen LogP contribution in [0.15, 0.2) is 52.6 Å². The first kappa shape index (κ1) is 23.0. The monoisotopic (exact) mass is 444 g/mol. The minimum atomic E-state index is -3.84. The van der Waals surface area contributed by atoms with E-state index in [2.05, 4.69) is 26.9 Å². The van der Waals surface area contributed by atoms with E-state index in [9.17, 15) is 8.42 Å². The molecule has 1 aliphatic rings. The van der Waals surface area contributed by atoms with Crippen LogP contribution >= 0.6 is 0 Å². The first-order valence-corrected chi connectivity index (χ1v) is 12.2. The van der Waals surface area contributed by atoms with Crippen LogP contribution in [0, 0.1) is 11.8 Å². The van der Waals surface area contributed by atoms with Crippen LogP contribution in [0.4, 0.5) is 11.4 Å². The van der Waals surface area contributed by atoms with Crippen molar-refractivity contribution in [1.29, 1.82) is 0 Å². The lowest BCUT2D eigenvalue weighted by Gasteiger charge is -2.28. The van der Waals surface area contributed by atoms with Gasteiger partial charge in [0.25, 0.3) is 10.0 Å². The van der Waals surface area contributed by atoms with Gasteiger partial charge in [0.15, 0.2) is 11.0 Å². The molecule has 0 radical (unpaired) electrons. The van der Waals surface area contributed by atoms with Crippen molar-refractivity contribution in [2.24, 2.45) is 28.3 Å². The molecule has 3 rings (SSSR count). The molecule has 1 heterocycles. The first-order chi connectivity index (χ1) is 14.8. The van der Waals surface area contributed by atoms with Gasteiger partial charge in [0, 0.05) is 6.54 Å². The highest BCUT2D eigenvalue weighted by atomic mass is 32.2. The maximum atomic E-state index is 12.8. The number of aromatic nitrogens is 1. The SMILES string of the molecule is CC(CNCc1ccccc1NS(=O)(=O)c1ccc(N=C(N)N)cn1)C1CCCCC1. The number of nitrogens with two attached hydrogens (primary N) is 2. The Morgan fingerprint density at radius 2 is 1.90 bits per heavy atom. The average molecular weight is 445 g/mol. The molecule has 6 N–H and O–H groups in total. The van der Waals surface area contributed by atoms with Crippen molar-refractivity contribution < 1.29 is 8.42 Å². The quantitative estimate of drug-likeness (QED) is 0.347. The number of hydrogen-bond donors (Lipinski definition) is 4. The maximum absolute atomic E-state index is 12.8. The van der Waals surface area contributed by atoms with Gasteiger partial charge < -0.3 is 16.8 Å². The van der Waals surface area contributed by atoms with Gasteiger partial charge in [-0.25, -0.2) is 9.98 Å². The molecule has 9 heteroatoms. The Morgan fingerprint density at radius 1 is 1.16 bits per heavy atom. The second-order valence-corrected chi connectivity index (χ2v) is 9.79. The van der Waals surface area contributed by atoms with Crippen molar-refractivity contribution in [2.75, 3.05) is 11.3 Å². The van der Waals surface area contributed by atoms with Crippen molar-refractivity contribution in [1.82, 2.24) is 10.3 Å². The molecule has 1 aliphatic carbocycles. The minimum Gasteiger partial charge on any atom is -0.370 e. The van der Waals surface area contributed by atoms with E-state index < -0.39 is 10.0 Å². The molecule has 31 heavy (non-hydrogen) atoms.